The molecule has 170 valence electrons. The molecule has 0 N–H and O–H groups in total. The van der Waals surface area contributed by atoms with Crippen LogP contribution in [0.4, 0.5) is 10.1 Å². The van der Waals surface area contributed by atoms with Gasteiger partial charge in [0.15, 0.2) is 11.6 Å². The Morgan fingerprint density at radius 1 is 1.09 bits per heavy atom. The van der Waals surface area contributed by atoms with Gasteiger partial charge in [-0.15, -0.1) is 11.8 Å². The SMILES string of the molecule is COc1ccc(CN(C)C(=O)c2ccccc2SCC(=O)N2CCc3ccccc32)cc1F. The number of anilines is 1. The summed E-state index contributed by atoms with van der Waals surface area (Å²) in [7, 11) is 3.09. The highest BCUT2D eigenvalue weighted by Gasteiger charge is 2.25. The van der Waals surface area contributed by atoms with Crippen molar-refractivity contribution in [3.8, 4) is 5.75 Å². The second kappa shape index (κ2) is 10.1. The van der Waals surface area contributed by atoms with Crippen molar-refractivity contribution >= 4 is 29.3 Å². The Morgan fingerprint density at radius 3 is 2.64 bits per heavy atom. The number of thioether (sulfide) groups is 1. The molecule has 1 aliphatic rings. The van der Waals surface area contributed by atoms with Crippen LogP contribution >= 0.6 is 11.8 Å². The minimum absolute atomic E-state index is 0.0225. The van der Waals surface area contributed by atoms with Crippen LogP contribution in [0.5, 0.6) is 5.75 Å². The lowest BCUT2D eigenvalue weighted by atomic mass is 10.1. The van der Waals surface area contributed by atoms with Gasteiger partial charge in [0.2, 0.25) is 5.91 Å². The van der Waals surface area contributed by atoms with Gasteiger partial charge in [0, 0.05) is 30.7 Å². The third kappa shape index (κ3) is 5.03. The number of benzene rings is 3. The van der Waals surface area contributed by atoms with E-state index in [1.807, 2.05) is 41.3 Å². The summed E-state index contributed by atoms with van der Waals surface area (Å²) in [6.45, 7) is 0.933. The summed E-state index contributed by atoms with van der Waals surface area (Å²) in [6, 6.07) is 19.9. The molecule has 0 unspecified atom stereocenters. The smallest absolute Gasteiger partial charge is 0.255 e. The van der Waals surface area contributed by atoms with Crippen molar-refractivity contribution < 1.29 is 18.7 Å². The number of amides is 2. The molecule has 4 rings (SSSR count). The van der Waals surface area contributed by atoms with Gasteiger partial charge >= 0.3 is 0 Å². The van der Waals surface area contributed by atoms with Gasteiger partial charge in [-0.2, -0.15) is 0 Å². The van der Waals surface area contributed by atoms with Crippen LogP contribution in [-0.2, 0) is 17.8 Å². The van der Waals surface area contributed by atoms with E-state index in [4.69, 9.17) is 4.74 Å². The summed E-state index contributed by atoms with van der Waals surface area (Å²) < 4.78 is 19.0. The topological polar surface area (TPSA) is 49.9 Å². The Balaban J connectivity index is 1.43. The van der Waals surface area contributed by atoms with E-state index in [2.05, 4.69) is 0 Å². The molecule has 3 aromatic rings. The maximum atomic E-state index is 14.0. The lowest BCUT2D eigenvalue weighted by Gasteiger charge is -2.20. The van der Waals surface area contributed by atoms with Gasteiger partial charge in [0.05, 0.1) is 18.4 Å². The van der Waals surface area contributed by atoms with Crippen LogP contribution in [0.25, 0.3) is 0 Å². The zero-order valence-corrected chi connectivity index (χ0v) is 19.4. The van der Waals surface area contributed by atoms with E-state index in [1.165, 1.54) is 30.5 Å². The first-order chi connectivity index (χ1) is 16.0. The van der Waals surface area contributed by atoms with Gasteiger partial charge in [-0.3, -0.25) is 9.59 Å². The number of carbonyl (C=O) groups excluding carboxylic acids is 2. The molecule has 0 atom stereocenters. The fourth-order valence-electron chi connectivity index (χ4n) is 3.94. The zero-order chi connectivity index (χ0) is 23.4. The number of methoxy groups -OCH3 is 1. The van der Waals surface area contributed by atoms with Gasteiger partial charge in [-0.1, -0.05) is 36.4 Å². The van der Waals surface area contributed by atoms with Crippen LogP contribution in [0.15, 0.2) is 71.6 Å². The predicted octanol–water partition coefficient (Wildman–Crippen LogP) is 4.79. The average molecular weight is 465 g/mol. The number of hydrogen-bond acceptors (Lipinski definition) is 4. The number of carbonyl (C=O) groups is 2. The number of hydrogen-bond donors (Lipinski definition) is 0. The lowest BCUT2D eigenvalue weighted by Crippen LogP contribution is -2.30. The Hall–Kier alpha value is -3.32. The molecule has 0 saturated carbocycles. The molecule has 1 aliphatic heterocycles. The van der Waals surface area contributed by atoms with E-state index in [1.54, 1.807) is 36.2 Å². The predicted molar refractivity (Wildman–Crippen MR) is 128 cm³/mol. The molecule has 0 spiro atoms. The largest absolute Gasteiger partial charge is 0.494 e. The summed E-state index contributed by atoms with van der Waals surface area (Å²) in [5, 5.41) is 0. The quantitative estimate of drug-likeness (QED) is 0.472. The van der Waals surface area contributed by atoms with Gasteiger partial charge < -0.3 is 14.5 Å². The maximum Gasteiger partial charge on any atom is 0.255 e. The summed E-state index contributed by atoms with van der Waals surface area (Å²) in [6.07, 6.45) is 0.860. The van der Waals surface area contributed by atoms with Crippen molar-refractivity contribution in [2.45, 2.75) is 17.9 Å². The second-order valence-electron chi connectivity index (χ2n) is 7.84. The third-order valence-electron chi connectivity index (χ3n) is 5.64. The highest BCUT2D eigenvalue weighted by molar-refractivity contribution is 8.00. The third-order valence-corrected chi connectivity index (χ3v) is 6.70. The summed E-state index contributed by atoms with van der Waals surface area (Å²) in [5.41, 5.74) is 3.34. The van der Waals surface area contributed by atoms with Crippen LogP contribution < -0.4 is 9.64 Å². The highest BCUT2D eigenvalue weighted by atomic mass is 32.2. The number of nitrogens with zero attached hydrogens (tertiary/aromatic N) is 2. The van der Waals surface area contributed by atoms with Crippen molar-refractivity contribution in [1.29, 1.82) is 0 Å². The average Bonchev–Trinajstić information content (AvgIpc) is 3.27. The number of fused-ring (bicyclic) bond motifs is 1. The van der Waals surface area contributed by atoms with Crippen molar-refractivity contribution in [3.05, 3.63) is 89.2 Å². The molecule has 7 heteroatoms. The van der Waals surface area contributed by atoms with Crippen LogP contribution in [-0.4, -0.2) is 43.2 Å². The van der Waals surface area contributed by atoms with Crippen molar-refractivity contribution in [1.82, 2.24) is 4.90 Å². The summed E-state index contributed by atoms with van der Waals surface area (Å²) in [4.78, 5) is 30.1. The summed E-state index contributed by atoms with van der Waals surface area (Å²) >= 11 is 1.36. The first-order valence-electron chi connectivity index (χ1n) is 10.7. The van der Waals surface area contributed by atoms with E-state index in [0.717, 1.165) is 17.0 Å². The van der Waals surface area contributed by atoms with Gasteiger partial charge in [-0.25, -0.2) is 4.39 Å². The molecule has 0 bridgehead atoms. The number of ether oxygens (including phenoxy) is 1. The molecule has 0 fully saturated rings. The van der Waals surface area contributed by atoms with E-state index >= 15 is 0 Å². The van der Waals surface area contributed by atoms with Crippen LogP contribution in [0, 0.1) is 5.82 Å². The minimum atomic E-state index is -0.464. The first kappa shape index (κ1) is 22.9. The Bertz CT molecular complexity index is 1180. The Morgan fingerprint density at radius 2 is 1.85 bits per heavy atom. The molecule has 3 aromatic carbocycles. The van der Waals surface area contributed by atoms with Crippen molar-refractivity contribution in [2.75, 3.05) is 31.4 Å². The molecule has 33 heavy (non-hydrogen) atoms. The monoisotopic (exact) mass is 464 g/mol. The molecule has 0 aromatic heterocycles. The molecular formula is C26H25FN2O3S. The normalized spacial score (nSPS) is 12.4. The van der Waals surface area contributed by atoms with E-state index in [0.29, 0.717) is 17.7 Å². The summed E-state index contributed by atoms with van der Waals surface area (Å²) in [5.74, 6) is -0.220. The van der Waals surface area contributed by atoms with E-state index in [-0.39, 0.29) is 29.9 Å². The van der Waals surface area contributed by atoms with Crippen LogP contribution in [0.2, 0.25) is 0 Å². The van der Waals surface area contributed by atoms with E-state index < -0.39 is 5.82 Å². The fraction of sp³-hybridized carbons (Fsp3) is 0.231. The Labute approximate surface area is 197 Å². The fourth-order valence-corrected chi connectivity index (χ4v) is 4.86. The van der Waals surface area contributed by atoms with Crippen molar-refractivity contribution in [3.63, 3.8) is 0 Å². The van der Waals surface area contributed by atoms with Crippen LogP contribution in [0.3, 0.4) is 0 Å². The van der Waals surface area contributed by atoms with Gasteiger partial charge in [-0.05, 0) is 47.9 Å². The Kier molecular flexibility index (Phi) is 6.99. The highest BCUT2D eigenvalue weighted by Crippen LogP contribution is 2.30. The zero-order valence-electron chi connectivity index (χ0n) is 18.6. The van der Waals surface area contributed by atoms with Gasteiger partial charge in [0.1, 0.15) is 0 Å². The number of rotatable bonds is 7. The van der Waals surface area contributed by atoms with Crippen LogP contribution in [0.1, 0.15) is 21.5 Å². The lowest BCUT2D eigenvalue weighted by molar-refractivity contribution is -0.116. The molecule has 0 aliphatic carbocycles. The molecular weight excluding hydrogens is 439 g/mol. The molecule has 0 radical (unpaired) electrons. The van der Waals surface area contributed by atoms with E-state index in [9.17, 15) is 14.0 Å². The minimum Gasteiger partial charge on any atom is -0.494 e. The molecule has 0 saturated heterocycles. The molecule has 5 nitrogen and oxygen atoms in total. The standard InChI is InChI=1S/C26H25FN2O3S/c1-28(16-18-11-12-23(32-2)21(27)15-18)26(31)20-8-4-6-10-24(20)33-17-25(30)29-14-13-19-7-3-5-9-22(19)29/h3-12,15H,13-14,16-17H2,1-2H3. The molecule has 1 heterocycles. The first-order valence-corrected chi connectivity index (χ1v) is 11.6. The molecule has 2 amide bonds. The van der Waals surface area contributed by atoms with Crippen molar-refractivity contribution in [2.24, 2.45) is 0 Å². The second-order valence-corrected chi connectivity index (χ2v) is 8.86. The number of halogens is 1. The number of para-hydroxylation sites is 1. The van der Waals surface area contributed by atoms with Gasteiger partial charge in [0.25, 0.3) is 5.91 Å². The maximum absolute atomic E-state index is 14.0.